The van der Waals surface area contributed by atoms with E-state index < -0.39 is 41.6 Å². The fourth-order valence-electron chi connectivity index (χ4n) is 8.43. The molecule has 64 heavy (non-hydrogen) atoms. The second-order valence-electron chi connectivity index (χ2n) is 15.2. The Morgan fingerprint density at radius 1 is 0.734 bits per heavy atom. The van der Waals surface area contributed by atoms with Gasteiger partial charge in [-0.15, -0.1) is 5.76 Å². The van der Waals surface area contributed by atoms with Gasteiger partial charge in [-0.05, 0) is 85.5 Å². The molecule has 0 spiro atoms. The Labute approximate surface area is 385 Å². The molecule has 8 aliphatic carbocycles. The van der Waals surface area contributed by atoms with E-state index >= 15 is 0 Å². The van der Waals surface area contributed by atoms with Crippen LogP contribution in [0.4, 0.5) is 39.5 Å². The normalized spacial score (nSPS) is 25.6. The van der Waals surface area contributed by atoms with E-state index in [4.69, 9.17) is 15.2 Å². The van der Waals surface area contributed by atoms with Gasteiger partial charge in [0, 0.05) is 72.8 Å². The number of carbonyl (C=O) groups is 3. The number of carboxylic acids is 1. The van der Waals surface area contributed by atoms with Crippen molar-refractivity contribution in [3.8, 4) is 6.07 Å². The summed E-state index contributed by atoms with van der Waals surface area (Å²) in [6.07, 6.45) is -7.41. The second-order valence-corrected chi connectivity index (χ2v) is 15.2. The van der Waals surface area contributed by atoms with Crippen LogP contribution in [0.3, 0.4) is 0 Å². The number of allylic oxidation sites excluding steroid dienone is 2. The number of aromatic amines is 3. The average molecular weight is 956 g/mol. The summed E-state index contributed by atoms with van der Waals surface area (Å²) < 4.78 is 112. The predicted molar refractivity (Wildman–Crippen MR) is 199 cm³/mol. The number of carbonyl (C=O) groups excluding carboxylic acids is 2. The van der Waals surface area contributed by atoms with E-state index in [0.29, 0.717) is 64.6 Å². The number of Topliss-reactive ketones (excluding diaryl/α,β-unsaturated/α-hetero) is 2. The van der Waals surface area contributed by atoms with Gasteiger partial charge in [0.25, 0.3) is 5.97 Å². The maximum absolute atomic E-state index is 12.4. The van der Waals surface area contributed by atoms with Crippen molar-refractivity contribution in [2.24, 2.45) is 41.3 Å². The minimum absolute atomic E-state index is 0. The van der Waals surface area contributed by atoms with Crippen LogP contribution in [0.1, 0.15) is 134 Å². The molecule has 4 unspecified atom stereocenters. The smallest absolute Gasteiger partial charge is 0.875 e. The minimum Gasteiger partial charge on any atom is -0.875 e. The number of rotatable bonds is 0. The number of halogens is 9. The van der Waals surface area contributed by atoms with E-state index in [0.717, 1.165) is 39.0 Å². The summed E-state index contributed by atoms with van der Waals surface area (Å²) in [5, 5.41) is 42.5. The zero-order valence-electron chi connectivity index (χ0n) is 34.4. The molecule has 3 aromatic rings. The molecule has 3 heterocycles. The summed E-state index contributed by atoms with van der Waals surface area (Å²) >= 11 is 0. The SMILES string of the molecule is C.C/C([O-])=C1/C(=O)CC2CC12.CC#N.CC(=O)O.FC(F)(F)c1n[nH]c2c1C1CC1C2.FC(F)(F)c1n[nH]c2c1[C@H]1C[C@H]1C2.NN.O.O=C1c2n[nH]c(C(F)(F)F)c2[C@H]2C[C@@H]12.[CH3-].[Li+].[V]. The molecule has 5 fully saturated rings. The average Bonchev–Trinajstić information content (AvgIpc) is 4.07. The van der Waals surface area contributed by atoms with Crippen LogP contribution in [0.5, 0.6) is 0 Å². The van der Waals surface area contributed by atoms with E-state index in [1.54, 1.807) is 6.07 Å². The zero-order chi connectivity index (χ0) is 44.1. The van der Waals surface area contributed by atoms with Gasteiger partial charge in [-0.2, -0.15) is 60.1 Å². The molecule has 8 aliphatic rings. The predicted octanol–water partition coefficient (Wildman–Crippen LogP) is 2.84. The minimum atomic E-state index is -4.43. The van der Waals surface area contributed by atoms with Crippen LogP contribution in [-0.4, -0.2) is 58.7 Å². The number of hydrazine groups is 1. The van der Waals surface area contributed by atoms with Crippen LogP contribution in [0, 0.1) is 48.3 Å². The Kier molecular flexibility index (Phi) is 21.0. The molecule has 26 heteroatoms. The van der Waals surface area contributed by atoms with Gasteiger partial charge in [0.15, 0.2) is 23.0 Å². The van der Waals surface area contributed by atoms with Crippen LogP contribution in [0.15, 0.2) is 11.3 Å². The maximum Gasteiger partial charge on any atom is 1.00 e. The molecule has 1 radical (unpaired) electrons. The quantitative estimate of drug-likeness (QED) is 0.0362. The van der Waals surface area contributed by atoms with E-state index in [9.17, 15) is 54.2 Å². The van der Waals surface area contributed by atoms with Crippen molar-refractivity contribution < 1.29 is 107 Å². The van der Waals surface area contributed by atoms with Gasteiger partial charge >= 0.3 is 37.4 Å². The monoisotopic (exact) mass is 955 g/mol. The first kappa shape index (κ1) is 59.9. The summed E-state index contributed by atoms with van der Waals surface area (Å²) in [7, 11) is 0. The van der Waals surface area contributed by atoms with Crippen molar-refractivity contribution in [3.63, 3.8) is 0 Å². The fraction of sp³-hybridized carbons (Fsp3) is 0.579. The third-order valence-corrected chi connectivity index (χ3v) is 11.1. The molecule has 0 bridgehead atoms. The van der Waals surface area contributed by atoms with E-state index in [1.165, 1.54) is 13.8 Å². The molecule has 0 saturated heterocycles. The Morgan fingerprint density at radius 2 is 1.12 bits per heavy atom. The molecule has 0 aliphatic heterocycles. The van der Waals surface area contributed by atoms with E-state index in [2.05, 4.69) is 37.2 Å². The largest absolute Gasteiger partial charge is 1.00 e. The van der Waals surface area contributed by atoms with Crippen molar-refractivity contribution >= 4 is 17.5 Å². The fourth-order valence-corrected chi connectivity index (χ4v) is 8.43. The molecule has 351 valence electrons. The molecule has 0 aromatic carbocycles. The number of nitriles is 1. The molecule has 5 saturated carbocycles. The van der Waals surface area contributed by atoms with Crippen molar-refractivity contribution in [2.45, 2.75) is 109 Å². The molecule has 11 rings (SSSR count). The molecule has 3 aromatic heterocycles. The number of aromatic nitrogens is 6. The first-order chi connectivity index (χ1) is 27.5. The van der Waals surface area contributed by atoms with Crippen LogP contribution < -0.4 is 35.7 Å². The molecular formula is C38H48F9LiN9O6V-. The number of alkyl halides is 9. The van der Waals surface area contributed by atoms with Crippen molar-refractivity contribution in [3.05, 3.63) is 69.6 Å². The first-order valence-electron chi connectivity index (χ1n) is 18.2. The molecule has 8 atom stereocenters. The van der Waals surface area contributed by atoms with Crippen LogP contribution >= 0.6 is 0 Å². The van der Waals surface area contributed by atoms with Gasteiger partial charge in [0.2, 0.25) is 0 Å². The van der Waals surface area contributed by atoms with Crippen molar-refractivity contribution in [1.29, 1.82) is 5.26 Å². The number of hydrogen-bond donors (Lipinski definition) is 6. The summed E-state index contributed by atoms with van der Waals surface area (Å²) in [5.41, 5.74) is 0.763. The van der Waals surface area contributed by atoms with E-state index in [-0.39, 0.29) is 110 Å². The Bertz CT molecular complexity index is 2100. The number of carboxylic acid groups (broad SMARTS) is 1. The zero-order valence-corrected chi connectivity index (χ0v) is 35.8. The summed E-state index contributed by atoms with van der Waals surface area (Å²) in [4.78, 5) is 31.3. The molecule has 0 amide bonds. The van der Waals surface area contributed by atoms with Gasteiger partial charge in [0.05, 0.1) is 6.07 Å². The maximum atomic E-state index is 12.4. The Balaban J connectivity index is 0.000000763. The topological polar surface area (TPSA) is 288 Å². The van der Waals surface area contributed by atoms with Gasteiger partial charge in [0.1, 0.15) is 11.4 Å². The van der Waals surface area contributed by atoms with Crippen LogP contribution in [-0.2, 0) is 59.5 Å². The van der Waals surface area contributed by atoms with Gasteiger partial charge in [-0.3, -0.25) is 41.4 Å². The number of fused-ring (bicyclic) bond motifs is 10. The Morgan fingerprint density at radius 3 is 1.45 bits per heavy atom. The number of ketones is 2. The number of nitrogens with two attached hydrogens (primary N) is 2. The number of hydrogen-bond acceptors (Lipinski definition) is 10. The number of nitrogens with zero attached hydrogens (tertiary/aromatic N) is 4. The van der Waals surface area contributed by atoms with Crippen molar-refractivity contribution in [1.82, 2.24) is 30.6 Å². The van der Waals surface area contributed by atoms with Gasteiger partial charge in [-0.1, -0.05) is 14.4 Å². The summed E-state index contributed by atoms with van der Waals surface area (Å²) in [6.45, 7) is 4.01. The summed E-state index contributed by atoms with van der Waals surface area (Å²) in [5.74, 6) is 8.71. The van der Waals surface area contributed by atoms with Crippen molar-refractivity contribution in [2.75, 3.05) is 0 Å². The number of H-pyrrole nitrogens is 3. The molecule has 15 nitrogen and oxygen atoms in total. The third-order valence-electron chi connectivity index (χ3n) is 11.1. The summed E-state index contributed by atoms with van der Waals surface area (Å²) in [6, 6.07) is 1.75. The van der Waals surface area contributed by atoms with E-state index in [1.807, 2.05) is 5.10 Å². The number of nitrogens with one attached hydrogen (secondary N) is 3. The first-order valence-corrected chi connectivity index (χ1v) is 18.2. The Hall–Kier alpha value is -4.10. The number of aliphatic carboxylic acids is 1. The standard InChI is InChI=1S/C8H5F3N2O.2C8H7F3N2.C8H10O2.C2H3N.C2H4O2.CH4.CH3.Li.H4N2.H2O.V/c9-8(10,11)7-4-2-1-3(2)6(14)5(4)12-13-7;2*9-8(10,11)7-6-4-1-3(4)2-5(6)12-13-7;1-4(9)8-6-2-5(6)3-7(8)10;1-2-3;1-2(3)4;;;;1-2;;/h2-3H,1H2,(H,12,13);2*3-4H,1-2H2,(H,12,13);5-6,9H,2-3H2,1H3;1H3;1H3,(H,3,4);1H4;1H3;;1-2H2;1H2;/q;;;;;;;-1;+1;;;/p-1/b;;;8-4-;;;;;;;;/t2-,3+;3-,4-;;;;;;;;;;/m00........../s1. The third kappa shape index (κ3) is 12.8. The van der Waals surface area contributed by atoms with Gasteiger partial charge < -0.3 is 23.1 Å². The molecule has 10 N–H and O–H groups in total. The van der Waals surface area contributed by atoms with Gasteiger partial charge in [-0.25, -0.2) is 0 Å². The second kappa shape index (κ2) is 22.4. The molecular weight excluding hydrogens is 907 g/mol. The van der Waals surface area contributed by atoms with Crippen LogP contribution in [0.2, 0.25) is 0 Å². The van der Waals surface area contributed by atoms with Crippen LogP contribution in [0.25, 0.3) is 0 Å².